The van der Waals surface area contributed by atoms with Crippen molar-refractivity contribution in [3.8, 4) is 34.2 Å². The summed E-state index contributed by atoms with van der Waals surface area (Å²) in [6.07, 6.45) is 0. The second-order valence-corrected chi connectivity index (χ2v) is 6.34. The van der Waals surface area contributed by atoms with Crippen LogP contribution in [0.5, 0.6) is 17.2 Å². The molecule has 0 bridgehead atoms. The molecule has 2 aromatic carbocycles. The molecule has 3 rings (SSSR count). The molecule has 158 valence electrons. The van der Waals surface area contributed by atoms with Crippen molar-refractivity contribution in [2.45, 2.75) is 0 Å². The summed E-state index contributed by atoms with van der Waals surface area (Å²) < 4.78 is 22.6. The maximum Gasteiger partial charge on any atom is 0.270 e. The van der Waals surface area contributed by atoms with Crippen LogP contribution < -0.4 is 19.5 Å². The van der Waals surface area contributed by atoms with Gasteiger partial charge in [-0.05, 0) is 42.5 Å². The van der Waals surface area contributed by atoms with Gasteiger partial charge in [-0.2, -0.15) is 5.10 Å². The number of nitrogens with one attached hydrogen (secondary N) is 1. The second kappa shape index (κ2) is 9.80. The Kier molecular flexibility index (Phi) is 6.92. The van der Waals surface area contributed by atoms with E-state index in [1.165, 1.54) is 0 Å². The van der Waals surface area contributed by atoms with Crippen LogP contribution in [-0.4, -0.2) is 57.3 Å². The number of nitrogens with zero attached hydrogens (tertiary/aromatic N) is 2. The van der Waals surface area contributed by atoms with Gasteiger partial charge in [0, 0.05) is 25.3 Å². The molecule has 0 aliphatic heterocycles. The minimum atomic E-state index is -0.255. The molecule has 1 amide bonds. The SMILES string of the molecule is COCCNC(=O)c1cc(-c2ccc(OC)cc2OC)nn1-c1ccc(OC)cc1. The minimum Gasteiger partial charge on any atom is -0.497 e. The third kappa shape index (κ3) is 4.55. The average molecular weight is 411 g/mol. The van der Waals surface area contributed by atoms with Crippen LogP contribution in [0.3, 0.4) is 0 Å². The third-order valence-corrected chi connectivity index (χ3v) is 4.54. The summed E-state index contributed by atoms with van der Waals surface area (Å²) in [5.74, 6) is 1.73. The highest BCUT2D eigenvalue weighted by atomic mass is 16.5. The van der Waals surface area contributed by atoms with E-state index >= 15 is 0 Å². The molecule has 0 fully saturated rings. The highest BCUT2D eigenvalue weighted by molar-refractivity contribution is 5.94. The summed E-state index contributed by atoms with van der Waals surface area (Å²) in [6, 6.07) is 14.5. The van der Waals surface area contributed by atoms with Crippen molar-refractivity contribution < 1.29 is 23.7 Å². The molecule has 1 N–H and O–H groups in total. The van der Waals surface area contributed by atoms with Crippen molar-refractivity contribution in [1.82, 2.24) is 15.1 Å². The van der Waals surface area contributed by atoms with E-state index in [4.69, 9.17) is 18.9 Å². The van der Waals surface area contributed by atoms with Gasteiger partial charge < -0.3 is 24.3 Å². The van der Waals surface area contributed by atoms with Crippen LogP contribution in [0.2, 0.25) is 0 Å². The number of hydrogen-bond donors (Lipinski definition) is 1. The molecule has 0 spiro atoms. The standard InChI is InChI=1S/C22H25N3O5/c1-27-12-11-23-22(26)20-14-19(18-10-9-17(29-3)13-21(18)30-4)24-25(20)15-5-7-16(28-2)8-6-15/h5-10,13-14H,11-12H2,1-4H3,(H,23,26). The Hall–Kier alpha value is -3.52. The number of carbonyl (C=O) groups excluding carboxylic acids is 1. The molecular formula is C22H25N3O5. The lowest BCUT2D eigenvalue weighted by Crippen LogP contribution is -2.28. The topological polar surface area (TPSA) is 83.8 Å². The average Bonchev–Trinajstić information content (AvgIpc) is 3.24. The van der Waals surface area contributed by atoms with Crippen LogP contribution in [0.1, 0.15) is 10.5 Å². The normalized spacial score (nSPS) is 10.5. The van der Waals surface area contributed by atoms with Crippen LogP contribution in [0, 0.1) is 0 Å². The second-order valence-electron chi connectivity index (χ2n) is 6.34. The van der Waals surface area contributed by atoms with Crippen molar-refractivity contribution in [3.05, 3.63) is 54.2 Å². The zero-order chi connectivity index (χ0) is 21.5. The Labute approximate surface area is 175 Å². The summed E-state index contributed by atoms with van der Waals surface area (Å²) in [7, 11) is 6.36. The number of hydrogen-bond acceptors (Lipinski definition) is 6. The molecule has 0 unspecified atom stereocenters. The van der Waals surface area contributed by atoms with Gasteiger partial charge in [0.15, 0.2) is 0 Å². The molecule has 0 aliphatic carbocycles. The first kappa shape index (κ1) is 21.2. The Morgan fingerprint density at radius 1 is 0.933 bits per heavy atom. The van der Waals surface area contributed by atoms with Gasteiger partial charge in [0.2, 0.25) is 0 Å². The number of methoxy groups -OCH3 is 4. The van der Waals surface area contributed by atoms with Gasteiger partial charge in [0.1, 0.15) is 22.9 Å². The fourth-order valence-corrected chi connectivity index (χ4v) is 2.96. The summed E-state index contributed by atoms with van der Waals surface area (Å²) in [4.78, 5) is 12.8. The zero-order valence-electron chi connectivity index (χ0n) is 17.5. The number of amides is 1. The lowest BCUT2D eigenvalue weighted by molar-refractivity contribution is 0.0929. The number of aromatic nitrogens is 2. The molecular weight excluding hydrogens is 386 g/mol. The van der Waals surface area contributed by atoms with Gasteiger partial charge in [-0.15, -0.1) is 0 Å². The summed E-state index contributed by atoms with van der Waals surface area (Å²) in [5.41, 5.74) is 2.47. The van der Waals surface area contributed by atoms with Crippen molar-refractivity contribution in [2.75, 3.05) is 41.6 Å². The summed E-state index contributed by atoms with van der Waals surface area (Å²) in [6.45, 7) is 0.811. The summed E-state index contributed by atoms with van der Waals surface area (Å²) >= 11 is 0. The van der Waals surface area contributed by atoms with E-state index in [-0.39, 0.29) is 5.91 Å². The van der Waals surface area contributed by atoms with Crippen molar-refractivity contribution in [2.24, 2.45) is 0 Å². The Bertz CT molecular complexity index is 999. The molecule has 0 saturated carbocycles. The molecule has 3 aromatic rings. The van der Waals surface area contributed by atoms with Gasteiger partial charge in [-0.25, -0.2) is 4.68 Å². The Morgan fingerprint density at radius 2 is 1.63 bits per heavy atom. The monoisotopic (exact) mass is 411 g/mol. The molecule has 8 heteroatoms. The van der Waals surface area contributed by atoms with E-state index in [9.17, 15) is 4.79 Å². The first-order valence-corrected chi connectivity index (χ1v) is 9.35. The quantitative estimate of drug-likeness (QED) is 0.545. The lowest BCUT2D eigenvalue weighted by atomic mass is 10.1. The minimum absolute atomic E-state index is 0.255. The maximum atomic E-state index is 12.8. The first-order chi connectivity index (χ1) is 14.6. The fourth-order valence-electron chi connectivity index (χ4n) is 2.96. The zero-order valence-corrected chi connectivity index (χ0v) is 17.5. The van der Waals surface area contributed by atoms with Crippen LogP contribution in [0.15, 0.2) is 48.5 Å². The highest BCUT2D eigenvalue weighted by Crippen LogP contribution is 2.33. The van der Waals surface area contributed by atoms with E-state index < -0.39 is 0 Å². The van der Waals surface area contributed by atoms with E-state index in [2.05, 4.69) is 10.4 Å². The van der Waals surface area contributed by atoms with E-state index in [0.29, 0.717) is 41.8 Å². The Balaban J connectivity index is 2.06. The predicted octanol–water partition coefficient (Wildman–Crippen LogP) is 2.94. The summed E-state index contributed by atoms with van der Waals surface area (Å²) in [5, 5.41) is 7.53. The molecule has 30 heavy (non-hydrogen) atoms. The van der Waals surface area contributed by atoms with Crippen LogP contribution in [0.4, 0.5) is 0 Å². The van der Waals surface area contributed by atoms with Crippen molar-refractivity contribution in [1.29, 1.82) is 0 Å². The van der Waals surface area contributed by atoms with Gasteiger partial charge in [0.25, 0.3) is 5.91 Å². The van der Waals surface area contributed by atoms with Gasteiger partial charge in [-0.3, -0.25) is 4.79 Å². The first-order valence-electron chi connectivity index (χ1n) is 9.35. The molecule has 8 nitrogen and oxygen atoms in total. The third-order valence-electron chi connectivity index (χ3n) is 4.54. The van der Waals surface area contributed by atoms with Crippen LogP contribution in [-0.2, 0) is 4.74 Å². The molecule has 1 heterocycles. The molecule has 1 aromatic heterocycles. The number of benzene rings is 2. The van der Waals surface area contributed by atoms with E-state index in [0.717, 1.165) is 11.3 Å². The number of rotatable bonds is 9. The number of ether oxygens (including phenoxy) is 4. The van der Waals surface area contributed by atoms with Crippen molar-refractivity contribution >= 4 is 5.91 Å². The van der Waals surface area contributed by atoms with E-state index in [1.54, 1.807) is 45.3 Å². The van der Waals surface area contributed by atoms with Crippen molar-refractivity contribution in [3.63, 3.8) is 0 Å². The molecule has 0 saturated heterocycles. The molecule has 0 radical (unpaired) electrons. The molecule has 0 aliphatic rings. The largest absolute Gasteiger partial charge is 0.497 e. The molecule has 0 atom stereocenters. The Morgan fingerprint density at radius 3 is 2.27 bits per heavy atom. The fraction of sp³-hybridized carbons (Fsp3) is 0.273. The smallest absolute Gasteiger partial charge is 0.270 e. The van der Waals surface area contributed by atoms with Crippen LogP contribution in [0.25, 0.3) is 16.9 Å². The van der Waals surface area contributed by atoms with E-state index in [1.807, 2.05) is 36.4 Å². The number of carbonyl (C=O) groups is 1. The van der Waals surface area contributed by atoms with Crippen LogP contribution >= 0.6 is 0 Å². The van der Waals surface area contributed by atoms with Gasteiger partial charge in [0.05, 0.1) is 39.3 Å². The lowest BCUT2D eigenvalue weighted by Gasteiger charge is -2.09. The maximum absolute atomic E-state index is 12.8. The van der Waals surface area contributed by atoms with Gasteiger partial charge >= 0.3 is 0 Å². The predicted molar refractivity (Wildman–Crippen MR) is 113 cm³/mol. The van der Waals surface area contributed by atoms with Gasteiger partial charge in [-0.1, -0.05) is 0 Å². The highest BCUT2D eigenvalue weighted by Gasteiger charge is 2.19.